The highest BCUT2D eigenvalue weighted by molar-refractivity contribution is 5.63. The Morgan fingerprint density at radius 1 is 1.00 bits per heavy atom. The van der Waals surface area contributed by atoms with Crippen molar-refractivity contribution in [1.82, 2.24) is 15.0 Å². The second kappa shape index (κ2) is 8.96. The Hall–Kier alpha value is -3.06. The Bertz CT molecular complexity index is 955. The Labute approximate surface area is 169 Å². The van der Waals surface area contributed by atoms with E-state index in [9.17, 15) is 4.39 Å². The van der Waals surface area contributed by atoms with Gasteiger partial charge in [-0.1, -0.05) is 12.1 Å². The number of nitrogens with zero attached hydrogens (tertiary/aromatic N) is 3. The summed E-state index contributed by atoms with van der Waals surface area (Å²) in [6.07, 6.45) is 7.72. The quantitative estimate of drug-likeness (QED) is 0.588. The molecule has 2 heterocycles. The molecule has 0 unspecified atom stereocenters. The second-order valence-corrected chi connectivity index (χ2v) is 7.43. The standard InChI is InChI=1S/C22H25FN6/c23-17-3-1-2-15(12-17)14-27-22-26-11-9-20(29-22)16-8-10-25-21(13-16)28-19-6-4-18(24)5-7-19/h1-3,8-13,18-19H,4-7,14,24H2,(H,25,28)(H,26,27,29). The summed E-state index contributed by atoms with van der Waals surface area (Å²) in [6, 6.07) is 13.0. The maximum absolute atomic E-state index is 13.3. The minimum absolute atomic E-state index is 0.254. The van der Waals surface area contributed by atoms with Crippen LogP contribution in [0.15, 0.2) is 54.9 Å². The molecular formula is C22H25FN6. The van der Waals surface area contributed by atoms with Gasteiger partial charge in [-0.3, -0.25) is 0 Å². The van der Waals surface area contributed by atoms with E-state index in [0.717, 1.165) is 48.3 Å². The van der Waals surface area contributed by atoms with E-state index in [2.05, 4.69) is 25.6 Å². The molecule has 1 aromatic carbocycles. The van der Waals surface area contributed by atoms with Crippen LogP contribution in [0.4, 0.5) is 16.2 Å². The van der Waals surface area contributed by atoms with Gasteiger partial charge in [0.2, 0.25) is 5.95 Å². The number of rotatable bonds is 6. The van der Waals surface area contributed by atoms with Crippen molar-refractivity contribution in [3.8, 4) is 11.3 Å². The molecule has 0 amide bonds. The molecule has 4 rings (SSSR count). The van der Waals surface area contributed by atoms with E-state index in [1.54, 1.807) is 18.5 Å². The smallest absolute Gasteiger partial charge is 0.223 e. The molecule has 4 N–H and O–H groups in total. The van der Waals surface area contributed by atoms with Crippen molar-refractivity contribution in [2.45, 2.75) is 44.3 Å². The molecule has 6 nitrogen and oxygen atoms in total. The zero-order valence-corrected chi connectivity index (χ0v) is 16.2. The first-order valence-corrected chi connectivity index (χ1v) is 9.95. The lowest BCUT2D eigenvalue weighted by Crippen LogP contribution is -2.33. The third-order valence-corrected chi connectivity index (χ3v) is 5.17. The van der Waals surface area contributed by atoms with Gasteiger partial charge in [0.15, 0.2) is 0 Å². The normalized spacial score (nSPS) is 19.0. The fourth-order valence-electron chi connectivity index (χ4n) is 3.57. The molecule has 0 aliphatic heterocycles. The van der Waals surface area contributed by atoms with E-state index in [4.69, 9.17) is 5.73 Å². The third kappa shape index (κ3) is 5.26. The van der Waals surface area contributed by atoms with Crippen LogP contribution in [0.5, 0.6) is 0 Å². The number of aromatic nitrogens is 3. The number of benzene rings is 1. The molecule has 7 heteroatoms. The summed E-state index contributed by atoms with van der Waals surface area (Å²) in [5.41, 5.74) is 8.59. The van der Waals surface area contributed by atoms with Crippen molar-refractivity contribution in [2.75, 3.05) is 10.6 Å². The Balaban J connectivity index is 1.43. The van der Waals surface area contributed by atoms with Crippen LogP contribution in [0, 0.1) is 5.82 Å². The summed E-state index contributed by atoms with van der Waals surface area (Å²) in [4.78, 5) is 13.3. The van der Waals surface area contributed by atoms with Gasteiger partial charge >= 0.3 is 0 Å². The lowest BCUT2D eigenvalue weighted by Gasteiger charge is -2.27. The van der Waals surface area contributed by atoms with E-state index >= 15 is 0 Å². The van der Waals surface area contributed by atoms with Gasteiger partial charge in [0.1, 0.15) is 11.6 Å². The van der Waals surface area contributed by atoms with Gasteiger partial charge in [-0.2, -0.15) is 0 Å². The fourth-order valence-corrected chi connectivity index (χ4v) is 3.57. The number of hydrogen-bond donors (Lipinski definition) is 3. The maximum Gasteiger partial charge on any atom is 0.223 e. The van der Waals surface area contributed by atoms with Crippen LogP contribution >= 0.6 is 0 Å². The van der Waals surface area contributed by atoms with Gasteiger partial charge in [0.05, 0.1) is 5.69 Å². The first-order chi connectivity index (χ1) is 14.2. The average molecular weight is 392 g/mol. The first-order valence-electron chi connectivity index (χ1n) is 9.95. The molecule has 3 aromatic rings. The lowest BCUT2D eigenvalue weighted by atomic mass is 9.92. The molecule has 0 radical (unpaired) electrons. The molecule has 0 saturated heterocycles. The summed E-state index contributed by atoms with van der Waals surface area (Å²) in [6.45, 7) is 0.453. The SMILES string of the molecule is NC1CCC(Nc2cc(-c3ccnc(NCc4cccc(F)c4)n3)ccn2)CC1. The van der Waals surface area contributed by atoms with Crippen LogP contribution in [0.1, 0.15) is 31.2 Å². The number of halogens is 1. The minimum atomic E-state index is -0.254. The number of nitrogens with one attached hydrogen (secondary N) is 2. The summed E-state index contributed by atoms with van der Waals surface area (Å²) in [7, 11) is 0. The molecular weight excluding hydrogens is 367 g/mol. The highest BCUT2D eigenvalue weighted by Crippen LogP contribution is 2.24. The highest BCUT2D eigenvalue weighted by Gasteiger charge is 2.18. The van der Waals surface area contributed by atoms with E-state index in [1.165, 1.54) is 12.1 Å². The van der Waals surface area contributed by atoms with Crippen LogP contribution in [0.25, 0.3) is 11.3 Å². The molecule has 150 valence electrons. The monoisotopic (exact) mass is 392 g/mol. The molecule has 0 spiro atoms. The zero-order chi connectivity index (χ0) is 20.1. The van der Waals surface area contributed by atoms with Gasteiger partial charge in [0, 0.05) is 36.6 Å². The highest BCUT2D eigenvalue weighted by atomic mass is 19.1. The van der Waals surface area contributed by atoms with E-state index < -0.39 is 0 Å². The van der Waals surface area contributed by atoms with Crippen LogP contribution < -0.4 is 16.4 Å². The van der Waals surface area contributed by atoms with Gasteiger partial charge in [-0.15, -0.1) is 0 Å². The zero-order valence-electron chi connectivity index (χ0n) is 16.2. The van der Waals surface area contributed by atoms with Gasteiger partial charge in [-0.05, 0) is 61.6 Å². The first kappa shape index (κ1) is 19.3. The van der Waals surface area contributed by atoms with E-state index in [1.807, 2.05) is 24.3 Å². The second-order valence-electron chi connectivity index (χ2n) is 7.43. The van der Waals surface area contributed by atoms with E-state index in [0.29, 0.717) is 24.6 Å². The summed E-state index contributed by atoms with van der Waals surface area (Å²) in [5, 5.41) is 6.67. The van der Waals surface area contributed by atoms with Crippen molar-refractivity contribution < 1.29 is 4.39 Å². The van der Waals surface area contributed by atoms with Crippen molar-refractivity contribution in [2.24, 2.45) is 5.73 Å². The molecule has 1 aliphatic carbocycles. The molecule has 29 heavy (non-hydrogen) atoms. The predicted molar refractivity (Wildman–Crippen MR) is 113 cm³/mol. The Morgan fingerprint density at radius 3 is 2.66 bits per heavy atom. The number of nitrogens with two attached hydrogens (primary N) is 1. The molecule has 1 aliphatic rings. The summed E-state index contributed by atoms with van der Waals surface area (Å²) < 4.78 is 13.3. The van der Waals surface area contributed by atoms with Crippen LogP contribution in [-0.2, 0) is 6.54 Å². The van der Waals surface area contributed by atoms with Crippen molar-refractivity contribution >= 4 is 11.8 Å². The molecule has 1 saturated carbocycles. The molecule has 0 bridgehead atoms. The average Bonchev–Trinajstić information content (AvgIpc) is 2.74. The van der Waals surface area contributed by atoms with Gasteiger partial charge in [0.25, 0.3) is 0 Å². The van der Waals surface area contributed by atoms with Gasteiger partial charge < -0.3 is 16.4 Å². The largest absolute Gasteiger partial charge is 0.367 e. The van der Waals surface area contributed by atoms with Crippen molar-refractivity contribution in [3.63, 3.8) is 0 Å². The molecule has 2 aromatic heterocycles. The minimum Gasteiger partial charge on any atom is -0.367 e. The van der Waals surface area contributed by atoms with Crippen LogP contribution in [-0.4, -0.2) is 27.0 Å². The van der Waals surface area contributed by atoms with Gasteiger partial charge in [-0.25, -0.2) is 19.3 Å². The third-order valence-electron chi connectivity index (χ3n) is 5.17. The van der Waals surface area contributed by atoms with Crippen molar-refractivity contribution in [1.29, 1.82) is 0 Å². The van der Waals surface area contributed by atoms with Crippen molar-refractivity contribution in [3.05, 3.63) is 66.2 Å². The predicted octanol–water partition coefficient (Wildman–Crippen LogP) is 3.97. The Morgan fingerprint density at radius 2 is 1.83 bits per heavy atom. The van der Waals surface area contributed by atoms with Crippen LogP contribution in [0.3, 0.4) is 0 Å². The molecule has 1 fully saturated rings. The fraction of sp³-hybridized carbons (Fsp3) is 0.318. The van der Waals surface area contributed by atoms with Crippen LogP contribution in [0.2, 0.25) is 0 Å². The maximum atomic E-state index is 13.3. The number of anilines is 2. The number of pyridine rings is 1. The summed E-state index contributed by atoms with van der Waals surface area (Å²) in [5.74, 6) is 1.09. The topological polar surface area (TPSA) is 88.8 Å². The lowest BCUT2D eigenvalue weighted by molar-refractivity contribution is 0.410. The number of hydrogen-bond acceptors (Lipinski definition) is 6. The molecule has 0 atom stereocenters. The van der Waals surface area contributed by atoms with E-state index in [-0.39, 0.29) is 5.82 Å². The summed E-state index contributed by atoms with van der Waals surface area (Å²) >= 11 is 0. The Kier molecular flexibility index (Phi) is 5.95.